The van der Waals surface area contributed by atoms with Crippen LogP contribution in [-0.4, -0.2) is 82.9 Å². The molecule has 0 saturated carbocycles. The maximum absolute atomic E-state index is 12.9. The summed E-state index contributed by atoms with van der Waals surface area (Å²) in [5, 5.41) is 10.7. The number of aliphatic hydroxyl groups is 1. The Morgan fingerprint density at radius 1 is 1.06 bits per heavy atom. The minimum absolute atomic E-state index is 0.0336. The summed E-state index contributed by atoms with van der Waals surface area (Å²) in [7, 11) is 0. The molecule has 3 aliphatic heterocycles. The second-order valence-electron chi connectivity index (χ2n) is 9.10. The lowest BCUT2D eigenvalue weighted by Gasteiger charge is -2.31. The number of carbonyl (C=O) groups excluding carboxylic acids is 1. The molecule has 0 radical (unpaired) electrons. The van der Waals surface area contributed by atoms with Gasteiger partial charge in [0.15, 0.2) is 0 Å². The van der Waals surface area contributed by atoms with Gasteiger partial charge in [-0.1, -0.05) is 36.1 Å². The Labute approximate surface area is 195 Å². The first-order valence-corrected chi connectivity index (χ1v) is 11.7. The second-order valence-corrected chi connectivity index (χ2v) is 9.10. The Balaban J connectivity index is 1.09. The standard InChI is InChI=1S/C26H30N4O3/c31-25(16-28-10-9-22-3-1-2-4-23(22)14-28)17-30-12-11-29(26(30)32)15-24-8-7-20(13-27-24)5-6-21-18-33-19-21/h1-4,7-8,13,21,25,31H,9-12,14-19H2. The van der Waals surface area contributed by atoms with Crippen LogP contribution in [0.2, 0.25) is 0 Å². The topological polar surface area (TPSA) is 69.1 Å². The molecule has 1 atom stereocenters. The normalized spacial score (nSPS) is 19.6. The van der Waals surface area contributed by atoms with Gasteiger partial charge in [-0.3, -0.25) is 9.88 Å². The summed E-state index contributed by atoms with van der Waals surface area (Å²) in [6, 6.07) is 12.3. The molecule has 2 aromatic rings. The molecule has 0 bridgehead atoms. The van der Waals surface area contributed by atoms with Crippen molar-refractivity contribution < 1.29 is 14.6 Å². The van der Waals surface area contributed by atoms with E-state index in [2.05, 4.69) is 46.0 Å². The van der Waals surface area contributed by atoms with Crippen molar-refractivity contribution in [2.24, 2.45) is 5.92 Å². The van der Waals surface area contributed by atoms with Crippen LogP contribution in [0.3, 0.4) is 0 Å². The van der Waals surface area contributed by atoms with Gasteiger partial charge in [0, 0.05) is 51.0 Å². The molecule has 0 spiro atoms. The van der Waals surface area contributed by atoms with Gasteiger partial charge in [0.25, 0.3) is 0 Å². The highest BCUT2D eigenvalue weighted by atomic mass is 16.5. The molecule has 172 valence electrons. The van der Waals surface area contributed by atoms with Crippen molar-refractivity contribution in [3.05, 3.63) is 65.0 Å². The molecule has 1 aromatic heterocycles. The molecule has 2 fully saturated rings. The minimum atomic E-state index is -0.559. The van der Waals surface area contributed by atoms with E-state index in [-0.39, 0.29) is 6.03 Å². The maximum atomic E-state index is 12.9. The number of rotatable bonds is 6. The van der Waals surface area contributed by atoms with Gasteiger partial charge >= 0.3 is 6.03 Å². The first kappa shape index (κ1) is 21.9. The summed E-state index contributed by atoms with van der Waals surface area (Å²) >= 11 is 0. The van der Waals surface area contributed by atoms with E-state index in [0.29, 0.717) is 51.9 Å². The summed E-state index contributed by atoms with van der Waals surface area (Å²) in [5.74, 6) is 6.64. The van der Waals surface area contributed by atoms with Crippen LogP contribution in [0.15, 0.2) is 42.6 Å². The summed E-state index contributed by atoms with van der Waals surface area (Å²) < 4.78 is 5.13. The Hall–Kier alpha value is -2.92. The maximum Gasteiger partial charge on any atom is 0.320 e. The first-order valence-electron chi connectivity index (χ1n) is 11.7. The molecule has 0 aliphatic carbocycles. The van der Waals surface area contributed by atoms with Crippen LogP contribution in [-0.2, 0) is 24.2 Å². The Kier molecular flexibility index (Phi) is 6.58. The summed E-state index contributed by atoms with van der Waals surface area (Å²) in [5.41, 5.74) is 4.45. The van der Waals surface area contributed by atoms with E-state index in [4.69, 9.17) is 4.74 Å². The van der Waals surface area contributed by atoms with E-state index in [9.17, 15) is 9.90 Å². The van der Waals surface area contributed by atoms with Gasteiger partial charge in [-0.25, -0.2) is 4.79 Å². The monoisotopic (exact) mass is 446 g/mol. The number of benzene rings is 1. The van der Waals surface area contributed by atoms with Crippen molar-refractivity contribution in [2.45, 2.75) is 25.6 Å². The van der Waals surface area contributed by atoms with E-state index in [1.807, 2.05) is 12.1 Å². The molecule has 7 nitrogen and oxygen atoms in total. The van der Waals surface area contributed by atoms with Gasteiger partial charge in [-0.05, 0) is 29.7 Å². The molecule has 1 N–H and O–H groups in total. The van der Waals surface area contributed by atoms with Crippen molar-refractivity contribution in [1.82, 2.24) is 19.7 Å². The highest BCUT2D eigenvalue weighted by Gasteiger charge is 2.30. The summed E-state index contributed by atoms with van der Waals surface area (Å²) in [4.78, 5) is 23.2. The average Bonchev–Trinajstić information content (AvgIpc) is 3.12. The third kappa shape index (κ3) is 5.36. The molecule has 3 aliphatic rings. The number of aliphatic hydroxyl groups excluding tert-OH is 1. The van der Waals surface area contributed by atoms with Crippen LogP contribution in [0, 0.1) is 17.8 Å². The number of aromatic nitrogens is 1. The number of nitrogens with zero attached hydrogens (tertiary/aromatic N) is 4. The van der Waals surface area contributed by atoms with Gasteiger partial charge in [-0.2, -0.15) is 0 Å². The Morgan fingerprint density at radius 3 is 2.64 bits per heavy atom. The number of hydrogen-bond acceptors (Lipinski definition) is 5. The average molecular weight is 447 g/mol. The fraction of sp³-hybridized carbons (Fsp3) is 0.462. The number of urea groups is 1. The summed E-state index contributed by atoms with van der Waals surface area (Å²) in [6.45, 7) is 5.91. The van der Waals surface area contributed by atoms with Gasteiger partial charge < -0.3 is 19.6 Å². The summed E-state index contributed by atoms with van der Waals surface area (Å²) in [6.07, 6.45) is 2.21. The lowest BCUT2D eigenvalue weighted by atomic mass is 10.00. The van der Waals surface area contributed by atoms with Gasteiger partial charge in [0.05, 0.1) is 37.5 Å². The highest BCUT2D eigenvalue weighted by molar-refractivity contribution is 5.76. The van der Waals surface area contributed by atoms with Gasteiger partial charge in [0.1, 0.15) is 0 Å². The van der Waals surface area contributed by atoms with E-state index < -0.39 is 6.10 Å². The fourth-order valence-corrected chi connectivity index (χ4v) is 4.56. The number of hydrogen-bond donors (Lipinski definition) is 1. The predicted octanol–water partition coefficient (Wildman–Crippen LogP) is 1.74. The zero-order chi connectivity index (χ0) is 22.6. The number of fused-ring (bicyclic) bond motifs is 1. The van der Waals surface area contributed by atoms with E-state index in [1.165, 1.54) is 11.1 Å². The van der Waals surface area contributed by atoms with Crippen LogP contribution in [0.1, 0.15) is 22.4 Å². The number of ether oxygens (including phenoxy) is 1. The molecule has 7 heteroatoms. The van der Waals surface area contributed by atoms with E-state index in [1.54, 1.807) is 16.0 Å². The minimum Gasteiger partial charge on any atom is -0.390 e. The van der Waals surface area contributed by atoms with Crippen LogP contribution in [0.4, 0.5) is 4.79 Å². The van der Waals surface area contributed by atoms with Crippen molar-refractivity contribution in [3.8, 4) is 11.8 Å². The van der Waals surface area contributed by atoms with E-state index >= 15 is 0 Å². The van der Waals surface area contributed by atoms with Gasteiger partial charge in [0.2, 0.25) is 0 Å². The number of pyridine rings is 1. The number of β-amino-alcohol motifs (C(OH)–C–C–N with tert-alkyl or cyclic N) is 1. The molecule has 5 rings (SSSR count). The van der Waals surface area contributed by atoms with Crippen LogP contribution < -0.4 is 0 Å². The molecule has 4 heterocycles. The quantitative estimate of drug-likeness (QED) is 0.685. The van der Waals surface area contributed by atoms with Crippen molar-refractivity contribution in [2.75, 3.05) is 45.9 Å². The SMILES string of the molecule is O=C1N(Cc2ccc(C#CC3COC3)cn2)CCN1CC(O)CN1CCc2ccccc2C1. The zero-order valence-corrected chi connectivity index (χ0v) is 18.8. The Morgan fingerprint density at radius 2 is 1.88 bits per heavy atom. The van der Waals surface area contributed by atoms with Crippen molar-refractivity contribution >= 4 is 6.03 Å². The van der Waals surface area contributed by atoms with E-state index in [0.717, 1.165) is 30.8 Å². The number of amides is 2. The van der Waals surface area contributed by atoms with Crippen LogP contribution >= 0.6 is 0 Å². The Bertz CT molecular complexity index is 1040. The fourth-order valence-electron chi connectivity index (χ4n) is 4.56. The molecule has 2 saturated heterocycles. The number of carbonyl (C=O) groups is 1. The zero-order valence-electron chi connectivity index (χ0n) is 18.8. The lowest BCUT2D eigenvalue weighted by molar-refractivity contribution is -0.00300. The molecule has 33 heavy (non-hydrogen) atoms. The molecule has 1 aromatic carbocycles. The van der Waals surface area contributed by atoms with Crippen molar-refractivity contribution in [3.63, 3.8) is 0 Å². The largest absolute Gasteiger partial charge is 0.390 e. The molecule has 1 unspecified atom stereocenters. The molecular weight excluding hydrogens is 416 g/mol. The lowest BCUT2D eigenvalue weighted by Crippen LogP contribution is -2.43. The third-order valence-electron chi connectivity index (χ3n) is 6.53. The van der Waals surface area contributed by atoms with Crippen molar-refractivity contribution in [1.29, 1.82) is 0 Å². The first-order chi connectivity index (χ1) is 16.1. The second kappa shape index (κ2) is 9.92. The van der Waals surface area contributed by atoms with Crippen LogP contribution in [0.5, 0.6) is 0 Å². The van der Waals surface area contributed by atoms with Gasteiger partial charge in [-0.15, -0.1) is 0 Å². The third-order valence-corrected chi connectivity index (χ3v) is 6.53. The van der Waals surface area contributed by atoms with Crippen LogP contribution in [0.25, 0.3) is 0 Å². The predicted molar refractivity (Wildman–Crippen MR) is 124 cm³/mol. The highest BCUT2D eigenvalue weighted by Crippen LogP contribution is 2.19. The molecule has 2 amide bonds. The smallest absolute Gasteiger partial charge is 0.320 e. The molecular formula is C26H30N4O3.